The van der Waals surface area contributed by atoms with Crippen LogP contribution >= 0.6 is 0 Å². The van der Waals surface area contributed by atoms with Gasteiger partial charge in [0.2, 0.25) is 5.91 Å². The number of fused-ring (bicyclic) bond motifs is 1. The van der Waals surface area contributed by atoms with Crippen molar-refractivity contribution in [3.05, 3.63) is 65.7 Å². The van der Waals surface area contributed by atoms with Gasteiger partial charge in [-0.05, 0) is 41.8 Å². The smallest absolute Gasteiger partial charge is 0.269 e. The molecule has 1 aromatic carbocycles. The lowest BCUT2D eigenvalue weighted by Gasteiger charge is -2.16. The second kappa shape index (κ2) is 7.64. The van der Waals surface area contributed by atoms with Crippen LogP contribution in [0.2, 0.25) is 0 Å². The van der Waals surface area contributed by atoms with Crippen LogP contribution in [0, 0.1) is 0 Å². The first kappa shape index (κ1) is 17.9. The van der Waals surface area contributed by atoms with Crippen LogP contribution in [0.3, 0.4) is 0 Å². The number of carbonyl (C=O) groups is 2. The SMILES string of the molecule is CCC(=O)N1CCc2cc(-c3ncc(C(=O)NCc4cccnc4)[nH]3)ccc21. The Morgan fingerprint density at radius 3 is 2.93 bits per heavy atom. The Kier molecular flexibility index (Phi) is 4.89. The number of hydrogen-bond acceptors (Lipinski definition) is 4. The van der Waals surface area contributed by atoms with Crippen LogP contribution < -0.4 is 10.2 Å². The number of imidazole rings is 1. The molecule has 0 bridgehead atoms. The average Bonchev–Trinajstić information content (AvgIpc) is 3.39. The fourth-order valence-electron chi connectivity index (χ4n) is 3.36. The number of nitrogens with one attached hydrogen (secondary N) is 2. The summed E-state index contributed by atoms with van der Waals surface area (Å²) < 4.78 is 0. The Morgan fingerprint density at radius 1 is 1.25 bits per heavy atom. The van der Waals surface area contributed by atoms with Crippen molar-refractivity contribution in [2.24, 2.45) is 0 Å². The molecule has 3 heterocycles. The van der Waals surface area contributed by atoms with Crippen LogP contribution in [0.1, 0.15) is 35.0 Å². The lowest BCUT2D eigenvalue weighted by Crippen LogP contribution is -2.27. The van der Waals surface area contributed by atoms with E-state index in [1.165, 1.54) is 6.20 Å². The summed E-state index contributed by atoms with van der Waals surface area (Å²) in [5.41, 5.74) is 4.33. The standard InChI is InChI=1S/C21H21N5O2/c1-2-19(27)26-9-7-15-10-16(5-6-18(15)26)20-23-13-17(25-20)21(28)24-12-14-4-3-8-22-11-14/h3-6,8,10-11,13H,2,7,9,12H2,1H3,(H,23,25)(H,24,28). The molecule has 0 saturated carbocycles. The Morgan fingerprint density at radius 2 is 2.14 bits per heavy atom. The van der Waals surface area contributed by atoms with E-state index in [2.05, 4.69) is 20.3 Å². The van der Waals surface area contributed by atoms with Crippen LogP contribution in [0.5, 0.6) is 0 Å². The van der Waals surface area contributed by atoms with Crippen LogP contribution in [0.15, 0.2) is 48.9 Å². The van der Waals surface area contributed by atoms with E-state index in [0.29, 0.717) is 31.0 Å². The summed E-state index contributed by atoms with van der Waals surface area (Å²) in [6, 6.07) is 9.65. The van der Waals surface area contributed by atoms with Crippen LogP contribution in [0.25, 0.3) is 11.4 Å². The molecular formula is C21H21N5O2. The summed E-state index contributed by atoms with van der Waals surface area (Å²) in [6.07, 6.45) is 6.27. The van der Waals surface area contributed by atoms with E-state index in [4.69, 9.17) is 0 Å². The van der Waals surface area contributed by atoms with Gasteiger partial charge in [-0.25, -0.2) is 4.98 Å². The van der Waals surface area contributed by atoms with Gasteiger partial charge in [-0.15, -0.1) is 0 Å². The van der Waals surface area contributed by atoms with Gasteiger partial charge in [0.1, 0.15) is 11.5 Å². The fourth-order valence-corrected chi connectivity index (χ4v) is 3.36. The number of aromatic nitrogens is 3. The van der Waals surface area contributed by atoms with Gasteiger partial charge in [0.15, 0.2) is 0 Å². The second-order valence-electron chi connectivity index (χ2n) is 6.68. The highest BCUT2D eigenvalue weighted by molar-refractivity contribution is 5.96. The first-order chi connectivity index (χ1) is 13.7. The van der Waals surface area contributed by atoms with E-state index in [-0.39, 0.29) is 11.8 Å². The van der Waals surface area contributed by atoms with E-state index >= 15 is 0 Å². The molecule has 0 unspecified atom stereocenters. The maximum Gasteiger partial charge on any atom is 0.269 e. The minimum Gasteiger partial charge on any atom is -0.347 e. The fraction of sp³-hybridized carbons (Fsp3) is 0.238. The Bertz CT molecular complexity index is 1010. The number of pyridine rings is 1. The van der Waals surface area contributed by atoms with Crippen molar-refractivity contribution in [3.63, 3.8) is 0 Å². The number of nitrogens with zero attached hydrogens (tertiary/aromatic N) is 3. The molecule has 0 saturated heterocycles. The predicted molar refractivity (Wildman–Crippen MR) is 106 cm³/mol. The first-order valence-electron chi connectivity index (χ1n) is 9.31. The number of aromatic amines is 1. The number of amides is 2. The monoisotopic (exact) mass is 375 g/mol. The molecule has 1 aliphatic rings. The molecule has 4 rings (SSSR count). The zero-order chi connectivity index (χ0) is 19.5. The topological polar surface area (TPSA) is 91.0 Å². The Hall–Kier alpha value is -3.48. The lowest BCUT2D eigenvalue weighted by molar-refractivity contribution is -0.118. The van der Waals surface area contributed by atoms with Gasteiger partial charge in [-0.3, -0.25) is 14.6 Å². The van der Waals surface area contributed by atoms with Crippen molar-refractivity contribution in [1.29, 1.82) is 0 Å². The van der Waals surface area contributed by atoms with Gasteiger partial charge in [0.25, 0.3) is 5.91 Å². The molecule has 7 nitrogen and oxygen atoms in total. The van der Waals surface area contributed by atoms with Gasteiger partial charge >= 0.3 is 0 Å². The van der Waals surface area contributed by atoms with E-state index in [9.17, 15) is 9.59 Å². The van der Waals surface area contributed by atoms with Gasteiger partial charge in [-0.2, -0.15) is 0 Å². The number of anilines is 1. The highest BCUT2D eigenvalue weighted by Gasteiger charge is 2.24. The van der Waals surface area contributed by atoms with Crippen LogP contribution in [-0.2, 0) is 17.8 Å². The zero-order valence-corrected chi connectivity index (χ0v) is 15.6. The quantitative estimate of drug-likeness (QED) is 0.717. The number of carbonyl (C=O) groups excluding carboxylic acids is 2. The van der Waals surface area contributed by atoms with E-state index in [1.807, 2.05) is 42.2 Å². The molecule has 0 atom stereocenters. The summed E-state index contributed by atoms with van der Waals surface area (Å²) in [4.78, 5) is 37.7. The molecule has 0 spiro atoms. The molecule has 0 aliphatic carbocycles. The number of rotatable bonds is 5. The molecule has 7 heteroatoms. The minimum absolute atomic E-state index is 0.136. The van der Waals surface area contributed by atoms with Crippen molar-refractivity contribution >= 4 is 17.5 Å². The number of H-pyrrole nitrogens is 1. The van der Waals surface area contributed by atoms with Crippen molar-refractivity contribution < 1.29 is 9.59 Å². The molecule has 0 radical (unpaired) electrons. The normalized spacial score (nSPS) is 12.7. The maximum absolute atomic E-state index is 12.4. The summed E-state index contributed by atoms with van der Waals surface area (Å²) in [5.74, 6) is 0.551. The molecule has 2 amide bonds. The summed E-state index contributed by atoms with van der Waals surface area (Å²) >= 11 is 0. The largest absolute Gasteiger partial charge is 0.347 e. The van der Waals surface area contributed by atoms with Gasteiger partial charge in [0.05, 0.1) is 6.20 Å². The molecular weight excluding hydrogens is 354 g/mol. The number of hydrogen-bond donors (Lipinski definition) is 2. The highest BCUT2D eigenvalue weighted by atomic mass is 16.2. The minimum atomic E-state index is -0.219. The summed E-state index contributed by atoms with van der Waals surface area (Å²) in [6.45, 7) is 2.99. The Balaban J connectivity index is 1.47. The zero-order valence-electron chi connectivity index (χ0n) is 15.6. The molecule has 28 heavy (non-hydrogen) atoms. The molecule has 2 N–H and O–H groups in total. The molecule has 2 aromatic heterocycles. The van der Waals surface area contributed by atoms with Crippen LogP contribution in [-0.4, -0.2) is 33.3 Å². The van der Waals surface area contributed by atoms with E-state index < -0.39 is 0 Å². The van der Waals surface area contributed by atoms with Crippen molar-refractivity contribution in [1.82, 2.24) is 20.3 Å². The van der Waals surface area contributed by atoms with Gasteiger partial charge in [0, 0.05) is 43.2 Å². The van der Waals surface area contributed by atoms with Gasteiger partial charge in [-0.1, -0.05) is 13.0 Å². The highest BCUT2D eigenvalue weighted by Crippen LogP contribution is 2.31. The average molecular weight is 375 g/mol. The van der Waals surface area contributed by atoms with Crippen molar-refractivity contribution in [3.8, 4) is 11.4 Å². The third kappa shape index (κ3) is 3.51. The third-order valence-corrected chi connectivity index (χ3v) is 4.85. The molecule has 0 fully saturated rings. The number of benzene rings is 1. The lowest BCUT2D eigenvalue weighted by atomic mass is 10.1. The van der Waals surface area contributed by atoms with E-state index in [0.717, 1.165) is 28.8 Å². The van der Waals surface area contributed by atoms with Crippen molar-refractivity contribution in [2.75, 3.05) is 11.4 Å². The molecule has 3 aromatic rings. The maximum atomic E-state index is 12.4. The third-order valence-electron chi connectivity index (χ3n) is 4.85. The summed E-state index contributed by atoms with van der Waals surface area (Å²) in [7, 11) is 0. The first-order valence-corrected chi connectivity index (χ1v) is 9.31. The van der Waals surface area contributed by atoms with Crippen LogP contribution in [0.4, 0.5) is 5.69 Å². The van der Waals surface area contributed by atoms with Crippen molar-refractivity contribution in [2.45, 2.75) is 26.3 Å². The predicted octanol–water partition coefficient (Wildman–Crippen LogP) is 2.70. The molecule has 142 valence electrons. The molecule has 1 aliphatic heterocycles. The van der Waals surface area contributed by atoms with Gasteiger partial charge < -0.3 is 15.2 Å². The second-order valence-corrected chi connectivity index (χ2v) is 6.68. The summed E-state index contributed by atoms with van der Waals surface area (Å²) in [5, 5.41) is 2.85. The Labute approximate surface area is 162 Å². The van der Waals surface area contributed by atoms with E-state index in [1.54, 1.807) is 12.4 Å².